The fourth-order valence-corrected chi connectivity index (χ4v) is 4.14. The average molecular weight is 392 g/mol. The van der Waals surface area contributed by atoms with Crippen LogP contribution in [0, 0.1) is 34.3 Å². The third-order valence-corrected chi connectivity index (χ3v) is 5.24. The molecule has 0 bridgehead atoms. The molecule has 2 aromatic heterocycles. The standard InChI is InChI=1S/C24H10F2N4/c25-18-6-5-13-14(7-9-27)19(15(8-10-28)21(13)22(18)26)20-16-3-1-11-29-23(16)24-17(20)4-2-12-30-24/h1-8,11-12H/b14-7+,15-8-. The van der Waals surface area contributed by atoms with Gasteiger partial charge in [-0.2, -0.15) is 10.5 Å². The van der Waals surface area contributed by atoms with Gasteiger partial charge >= 0.3 is 0 Å². The number of nitriles is 2. The Bertz CT molecular complexity index is 1380. The Hall–Kier alpha value is -4.42. The molecule has 30 heavy (non-hydrogen) atoms. The highest BCUT2D eigenvalue weighted by atomic mass is 19.2. The van der Waals surface area contributed by atoms with Crippen LogP contribution in [0.25, 0.3) is 28.1 Å². The molecule has 0 unspecified atom stereocenters. The first-order valence-corrected chi connectivity index (χ1v) is 9.01. The lowest BCUT2D eigenvalue weighted by atomic mass is 9.91. The van der Waals surface area contributed by atoms with Gasteiger partial charge in [0, 0.05) is 63.5 Å². The van der Waals surface area contributed by atoms with E-state index in [1.165, 1.54) is 18.2 Å². The van der Waals surface area contributed by atoms with E-state index < -0.39 is 11.6 Å². The van der Waals surface area contributed by atoms with Gasteiger partial charge < -0.3 is 0 Å². The van der Waals surface area contributed by atoms with Crippen molar-refractivity contribution >= 4 is 16.7 Å². The smallest absolute Gasteiger partial charge is 0.167 e. The van der Waals surface area contributed by atoms with Crippen molar-refractivity contribution in [3.05, 3.63) is 100 Å². The van der Waals surface area contributed by atoms with E-state index in [0.717, 1.165) is 17.2 Å². The number of hydrogen-bond acceptors (Lipinski definition) is 4. The largest absolute Gasteiger partial charge is 0.254 e. The summed E-state index contributed by atoms with van der Waals surface area (Å²) >= 11 is 0. The molecule has 0 aliphatic heterocycles. The van der Waals surface area contributed by atoms with E-state index in [0.29, 0.717) is 33.7 Å². The van der Waals surface area contributed by atoms with Gasteiger partial charge in [-0.05, 0) is 23.8 Å². The predicted molar refractivity (Wildman–Crippen MR) is 107 cm³/mol. The zero-order valence-electron chi connectivity index (χ0n) is 15.3. The van der Waals surface area contributed by atoms with Crippen molar-refractivity contribution in [2.75, 3.05) is 0 Å². The number of halogens is 2. The SMILES string of the molecule is N#C/C=C1/C(=C2c3cccnc3-c3ncccc32)/C(=C/C#N)c2ccc(F)c(F)c21. The molecule has 6 heteroatoms. The van der Waals surface area contributed by atoms with Crippen molar-refractivity contribution in [2.24, 2.45) is 0 Å². The molecule has 0 radical (unpaired) electrons. The van der Waals surface area contributed by atoms with Crippen molar-refractivity contribution in [1.29, 1.82) is 10.5 Å². The monoisotopic (exact) mass is 392 g/mol. The molecule has 2 aliphatic carbocycles. The second-order valence-corrected chi connectivity index (χ2v) is 6.71. The Balaban J connectivity index is 1.98. The summed E-state index contributed by atoms with van der Waals surface area (Å²) in [6.07, 6.45) is 5.79. The minimum atomic E-state index is -1.05. The van der Waals surface area contributed by atoms with E-state index in [2.05, 4.69) is 9.97 Å². The molecule has 2 aliphatic rings. The second-order valence-electron chi connectivity index (χ2n) is 6.71. The summed E-state index contributed by atoms with van der Waals surface area (Å²) in [7, 11) is 0. The number of aromatic nitrogens is 2. The zero-order valence-corrected chi connectivity index (χ0v) is 15.3. The maximum atomic E-state index is 14.9. The van der Waals surface area contributed by atoms with Crippen molar-refractivity contribution in [3.63, 3.8) is 0 Å². The van der Waals surface area contributed by atoms with Crippen molar-refractivity contribution in [1.82, 2.24) is 9.97 Å². The average Bonchev–Trinajstić information content (AvgIpc) is 3.24. The van der Waals surface area contributed by atoms with E-state index >= 15 is 0 Å². The summed E-state index contributed by atoms with van der Waals surface area (Å²) in [5.41, 5.74) is 4.98. The minimum absolute atomic E-state index is 0.0247. The van der Waals surface area contributed by atoms with Gasteiger partial charge in [0.05, 0.1) is 23.5 Å². The quantitative estimate of drug-likeness (QED) is 0.392. The van der Waals surface area contributed by atoms with E-state index in [4.69, 9.17) is 0 Å². The fourth-order valence-electron chi connectivity index (χ4n) is 4.14. The first-order chi connectivity index (χ1) is 14.7. The fraction of sp³-hybridized carbons (Fsp3) is 0. The summed E-state index contributed by atoms with van der Waals surface area (Å²) in [5.74, 6) is -2.07. The van der Waals surface area contributed by atoms with Crippen molar-refractivity contribution in [3.8, 4) is 23.5 Å². The molecule has 0 fully saturated rings. The third-order valence-electron chi connectivity index (χ3n) is 5.24. The van der Waals surface area contributed by atoms with E-state index in [-0.39, 0.29) is 11.1 Å². The summed E-state index contributed by atoms with van der Waals surface area (Å²) in [5, 5.41) is 18.8. The van der Waals surface area contributed by atoms with Crippen LogP contribution in [0.3, 0.4) is 0 Å². The van der Waals surface area contributed by atoms with Gasteiger partial charge in [-0.15, -0.1) is 0 Å². The highest BCUT2D eigenvalue weighted by Crippen LogP contribution is 2.54. The van der Waals surface area contributed by atoms with Crippen LogP contribution in [0.4, 0.5) is 8.78 Å². The van der Waals surface area contributed by atoms with Crippen molar-refractivity contribution in [2.45, 2.75) is 0 Å². The predicted octanol–water partition coefficient (Wildman–Crippen LogP) is 5.06. The lowest BCUT2D eigenvalue weighted by Gasteiger charge is -2.11. The highest BCUT2D eigenvalue weighted by molar-refractivity contribution is 6.18. The van der Waals surface area contributed by atoms with Gasteiger partial charge in [-0.3, -0.25) is 9.97 Å². The first-order valence-electron chi connectivity index (χ1n) is 9.01. The number of fused-ring (bicyclic) bond motifs is 4. The molecular formula is C24H10F2N4. The molecule has 0 spiro atoms. The van der Waals surface area contributed by atoms with Crippen LogP contribution in [0.5, 0.6) is 0 Å². The van der Waals surface area contributed by atoms with Crippen LogP contribution >= 0.6 is 0 Å². The van der Waals surface area contributed by atoms with Crippen LogP contribution in [0.1, 0.15) is 22.3 Å². The number of hydrogen-bond donors (Lipinski definition) is 0. The van der Waals surface area contributed by atoms with Gasteiger partial charge in [0.25, 0.3) is 0 Å². The van der Waals surface area contributed by atoms with Gasteiger partial charge in [0.1, 0.15) is 0 Å². The van der Waals surface area contributed by atoms with E-state index in [1.807, 2.05) is 24.3 Å². The molecule has 5 rings (SSSR count). The van der Waals surface area contributed by atoms with E-state index in [9.17, 15) is 19.3 Å². The molecule has 0 saturated heterocycles. The summed E-state index contributed by atoms with van der Waals surface area (Å²) in [6, 6.07) is 13.7. The van der Waals surface area contributed by atoms with E-state index in [1.54, 1.807) is 24.5 Å². The molecule has 3 aromatic rings. The number of rotatable bonds is 0. The summed E-state index contributed by atoms with van der Waals surface area (Å²) < 4.78 is 28.9. The highest BCUT2D eigenvalue weighted by Gasteiger charge is 2.37. The molecule has 1 aromatic carbocycles. The molecule has 0 amide bonds. The lowest BCUT2D eigenvalue weighted by Crippen LogP contribution is -1.94. The Morgan fingerprint density at radius 1 is 0.733 bits per heavy atom. The Labute approximate surface area is 170 Å². The molecule has 4 nitrogen and oxygen atoms in total. The van der Waals surface area contributed by atoms with Gasteiger partial charge in [0.2, 0.25) is 0 Å². The van der Waals surface area contributed by atoms with Crippen LogP contribution in [-0.4, -0.2) is 9.97 Å². The normalized spacial score (nSPS) is 16.3. The number of allylic oxidation sites excluding steroid dienone is 5. The zero-order chi connectivity index (χ0) is 20.8. The van der Waals surface area contributed by atoms with Crippen LogP contribution in [0.2, 0.25) is 0 Å². The summed E-state index contributed by atoms with van der Waals surface area (Å²) in [4.78, 5) is 8.89. The number of pyridine rings is 2. The molecule has 140 valence electrons. The first kappa shape index (κ1) is 17.7. The molecular weight excluding hydrogens is 382 g/mol. The van der Waals surface area contributed by atoms with Crippen LogP contribution in [0.15, 0.2) is 66.5 Å². The lowest BCUT2D eigenvalue weighted by molar-refractivity contribution is 0.506. The van der Waals surface area contributed by atoms with Crippen LogP contribution in [-0.2, 0) is 0 Å². The summed E-state index contributed by atoms with van der Waals surface area (Å²) in [6.45, 7) is 0. The van der Waals surface area contributed by atoms with Gasteiger partial charge in [-0.1, -0.05) is 18.2 Å². The molecule has 2 heterocycles. The maximum absolute atomic E-state index is 14.9. The Morgan fingerprint density at radius 2 is 1.33 bits per heavy atom. The Morgan fingerprint density at radius 3 is 1.93 bits per heavy atom. The van der Waals surface area contributed by atoms with Gasteiger partial charge in [0.15, 0.2) is 11.6 Å². The maximum Gasteiger partial charge on any atom is 0.167 e. The Kier molecular flexibility index (Phi) is 3.87. The van der Waals surface area contributed by atoms with Crippen LogP contribution < -0.4 is 0 Å². The second kappa shape index (κ2) is 6.58. The number of benzene rings is 1. The minimum Gasteiger partial charge on any atom is -0.254 e. The van der Waals surface area contributed by atoms with Gasteiger partial charge in [-0.25, -0.2) is 8.78 Å². The molecule has 0 N–H and O–H groups in total. The molecule has 0 atom stereocenters. The molecule has 0 saturated carbocycles. The topological polar surface area (TPSA) is 73.4 Å². The van der Waals surface area contributed by atoms with Crippen molar-refractivity contribution < 1.29 is 8.78 Å². The number of nitrogens with zero attached hydrogens (tertiary/aromatic N) is 4. The third kappa shape index (κ3) is 2.28.